The topological polar surface area (TPSA) is 12.9 Å². The smallest absolute Gasteiger partial charge is 0.165 e. The summed E-state index contributed by atoms with van der Waals surface area (Å²) in [7, 11) is 2.06. The fraction of sp³-hybridized carbons (Fsp3) is 0.500. The van der Waals surface area contributed by atoms with Gasteiger partial charge in [-0.1, -0.05) is 0 Å². The molecule has 0 amide bonds. The van der Waals surface area contributed by atoms with Crippen LogP contribution in [-0.2, 0) is 0 Å². The number of aromatic nitrogens is 1. The van der Waals surface area contributed by atoms with Gasteiger partial charge in [0.05, 0.1) is 5.01 Å². The molecule has 1 aromatic heterocycles. The molecule has 1 saturated carbocycles. The van der Waals surface area contributed by atoms with Crippen LogP contribution in [0.2, 0.25) is 0 Å². The van der Waals surface area contributed by atoms with Crippen LogP contribution >= 0.6 is 11.3 Å². The van der Waals surface area contributed by atoms with Crippen molar-refractivity contribution in [3.63, 3.8) is 0 Å². The van der Waals surface area contributed by atoms with E-state index >= 15 is 0 Å². The van der Waals surface area contributed by atoms with Gasteiger partial charge in [0.2, 0.25) is 0 Å². The Morgan fingerprint density at radius 3 is 2.70 bits per heavy atom. The van der Waals surface area contributed by atoms with E-state index in [2.05, 4.69) is 18.2 Å². The molecule has 2 rings (SSSR count). The third-order valence-electron chi connectivity index (χ3n) is 1.56. The van der Waals surface area contributed by atoms with E-state index in [4.69, 9.17) is 0 Å². The molecule has 1 aliphatic rings. The Kier molecular flexibility index (Phi) is 3.61. The maximum absolute atomic E-state index is 4.39. The monoisotopic (exact) mass is 176 g/mol. The summed E-state index contributed by atoms with van der Waals surface area (Å²) in [5.41, 5.74) is 1.18. The molecular formula is C6H8BKNS. The molecule has 1 radical (unpaired) electrons. The minimum absolute atomic E-state index is 0. The normalized spacial score (nSPS) is 16.4. The van der Waals surface area contributed by atoms with Gasteiger partial charge in [-0.05, 0) is 12.8 Å². The molecule has 0 aliphatic heterocycles. The Bertz CT molecular complexity index is 221. The largest absolute Gasteiger partial charge is 0.257 e. The van der Waals surface area contributed by atoms with Gasteiger partial charge in [0.1, 0.15) is 0 Å². The minimum atomic E-state index is 0. The van der Waals surface area contributed by atoms with Crippen LogP contribution in [0, 0.1) is 0 Å². The molecule has 1 aliphatic carbocycles. The van der Waals surface area contributed by atoms with Gasteiger partial charge < -0.3 is 0 Å². The Labute approximate surface area is 108 Å². The van der Waals surface area contributed by atoms with E-state index in [-0.39, 0.29) is 51.4 Å². The van der Waals surface area contributed by atoms with Crippen molar-refractivity contribution in [1.82, 2.24) is 4.98 Å². The number of nitrogens with zero attached hydrogens (tertiary/aromatic N) is 1. The molecule has 1 fully saturated rings. The molecule has 47 valence electrons. The number of thiazole rings is 1. The Balaban J connectivity index is 0.000000500. The Hall–Kier alpha value is 1.33. The van der Waals surface area contributed by atoms with Crippen molar-refractivity contribution >= 4 is 76.2 Å². The van der Waals surface area contributed by atoms with Crippen LogP contribution in [0.15, 0.2) is 5.38 Å². The van der Waals surface area contributed by atoms with E-state index in [1.165, 1.54) is 23.4 Å². The van der Waals surface area contributed by atoms with Crippen LogP contribution in [0.4, 0.5) is 0 Å². The van der Waals surface area contributed by atoms with E-state index in [0.717, 1.165) is 5.92 Å². The molecule has 0 atom stereocenters. The predicted molar refractivity (Wildman–Crippen MR) is 48.0 cm³/mol. The molecule has 0 saturated heterocycles. The zero-order valence-electron chi connectivity index (χ0n) is 6.42. The molecule has 1 nitrogen and oxygen atoms in total. The maximum Gasteiger partial charge on any atom is 0.165 e. The maximum atomic E-state index is 4.39. The second kappa shape index (κ2) is 3.83. The average molecular weight is 176 g/mol. The first kappa shape index (κ1) is 9.42. The summed E-state index contributed by atoms with van der Waals surface area (Å²) in [5, 5.41) is 3.49. The third-order valence-corrected chi connectivity index (χ3v) is 2.69. The fourth-order valence-corrected chi connectivity index (χ4v) is 1.86. The van der Waals surface area contributed by atoms with Crippen molar-refractivity contribution in [2.24, 2.45) is 0 Å². The van der Waals surface area contributed by atoms with Crippen molar-refractivity contribution in [3.05, 3.63) is 10.4 Å². The first-order valence-corrected chi connectivity index (χ1v) is 4.16. The summed E-state index contributed by atoms with van der Waals surface area (Å²) < 4.78 is 0. The van der Waals surface area contributed by atoms with Gasteiger partial charge in [-0.15, -0.1) is 11.3 Å². The van der Waals surface area contributed by atoms with Gasteiger partial charge in [-0.25, -0.2) is 0 Å². The number of hydrogen-bond acceptors (Lipinski definition) is 2. The minimum Gasteiger partial charge on any atom is -0.257 e. The van der Waals surface area contributed by atoms with E-state index in [1.807, 2.05) is 11.3 Å². The van der Waals surface area contributed by atoms with E-state index in [9.17, 15) is 0 Å². The van der Waals surface area contributed by atoms with Crippen LogP contribution in [0.25, 0.3) is 0 Å². The van der Waals surface area contributed by atoms with Gasteiger partial charge in [-0.3, -0.25) is 4.98 Å². The summed E-state index contributed by atoms with van der Waals surface area (Å²) >= 11 is 1.81. The molecule has 0 N–H and O–H groups in total. The zero-order valence-corrected chi connectivity index (χ0v) is 10.4. The summed E-state index contributed by atoms with van der Waals surface area (Å²) in [6.45, 7) is 0. The van der Waals surface area contributed by atoms with Crippen LogP contribution in [-0.4, -0.2) is 64.2 Å². The standard InChI is InChI=1S/C6H8BNS.K/c7-5-3-9-6(8-5)4-1-2-4;/h3-4H,1-2,7H2;. The SMILES string of the molecule is Bc1csc(C2CC2)n1.[K]. The van der Waals surface area contributed by atoms with E-state index < -0.39 is 0 Å². The summed E-state index contributed by atoms with van der Waals surface area (Å²) in [6.07, 6.45) is 2.74. The van der Waals surface area contributed by atoms with Crippen molar-refractivity contribution in [2.45, 2.75) is 18.8 Å². The number of rotatable bonds is 1. The summed E-state index contributed by atoms with van der Waals surface area (Å²) in [5.74, 6) is 0.837. The first-order valence-electron chi connectivity index (χ1n) is 3.28. The third kappa shape index (κ3) is 2.16. The fourth-order valence-electron chi connectivity index (χ4n) is 0.890. The second-order valence-electron chi connectivity index (χ2n) is 2.60. The second-order valence-corrected chi connectivity index (χ2v) is 3.49. The van der Waals surface area contributed by atoms with Gasteiger partial charge in [0, 0.05) is 68.3 Å². The molecule has 1 heterocycles. The molecule has 0 aromatic carbocycles. The Morgan fingerprint density at radius 2 is 2.30 bits per heavy atom. The quantitative estimate of drug-likeness (QED) is 0.544. The van der Waals surface area contributed by atoms with Crippen molar-refractivity contribution in [3.8, 4) is 0 Å². The van der Waals surface area contributed by atoms with Crippen LogP contribution in [0.3, 0.4) is 0 Å². The van der Waals surface area contributed by atoms with Gasteiger partial charge >= 0.3 is 0 Å². The molecule has 0 spiro atoms. The van der Waals surface area contributed by atoms with Gasteiger partial charge in [0.15, 0.2) is 7.85 Å². The molecule has 0 bridgehead atoms. The van der Waals surface area contributed by atoms with Gasteiger partial charge in [-0.2, -0.15) is 0 Å². The van der Waals surface area contributed by atoms with Crippen LogP contribution < -0.4 is 5.59 Å². The number of hydrogen-bond donors (Lipinski definition) is 0. The predicted octanol–water partition coefficient (Wildman–Crippen LogP) is -0.102. The molecule has 4 heteroatoms. The zero-order chi connectivity index (χ0) is 6.27. The summed E-state index contributed by atoms with van der Waals surface area (Å²) in [6, 6.07) is 0. The average Bonchev–Trinajstić information content (AvgIpc) is 2.58. The Morgan fingerprint density at radius 1 is 1.60 bits per heavy atom. The van der Waals surface area contributed by atoms with Crippen LogP contribution in [0.5, 0.6) is 0 Å². The van der Waals surface area contributed by atoms with E-state index in [0.29, 0.717) is 0 Å². The summed E-state index contributed by atoms with van der Waals surface area (Å²) in [4.78, 5) is 4.39. The molecule has 1 aromatic rings. The van der Waals surface area contributed by atoms with Crippen molar-refractivity contribution in [2.75, 3.05) is 0 Å². The van der Waals surface area contributed by atoms with Crippen molar-refractivity contribution < 1.29 is 0 Å². The molecule has 0 unspecified atom stereocenters. The van der Waals surface area contributed by atoms with Crippen molar-refractivity contribution in [1.29, 1.82) is 0 Å². The van der Waals surface area contributed by atoms with E-state index in [1.54, 1.807) is 0 Å². The first-order chi connectivity index (χ1) is 4.36. The van der Waals surface area contributed by atoms with Crippen LogP contribution in [0.1, 0.15) is 23.8 Å². The molecule has 10 heavy (non-hydrogen) atoms. The van der Waals surface area contributed by atoms with Gasteiger partial charge in [0.25, 0.3) is 0 Å². The molecular weight excluding hydrogens is 168 g/mol.